The van der Waals surface area contributed by atoms with Gasteiger partial charge in [-0.05, 0) is 43.0 Å². The maximum atomic E-state index is 12.3. The van der Waals surface area contributed by atoms with Crippen LogP contribution in [0.25, 0.3) is 10.9 Å². The number of nitrogens with zero attached hydrogens (tertiary/aromatic N) is 1. The van der Waals surface area contributed by atoms with Crippen LogP contribution in [0, 0.1) is 0 Å². The molecule has 0 spiro atoms. The zero-order chi connectivity index (χ0) is 16.1. The molecule has 0 aliphatic carbocycles. The van der Waals surface area contributed by atoms with Crippen molar-refractivity contribution in [3.05, 3.63) is 71.4 Å². The second kappa shape index (κ2) is 7.72. The molecule has 0 atom stereocenters. The van der Waals surface area contributed by atoms with Crippen LogP contribution in [0.15, 0.2) is 71.4 Å². The lowest BCUT2D eigenvalue weighted by Gasteiger charge is -2.06. The van der Waals surface area contributed by atoms with Crippen LogP contribution in [0.1, 0.15) is 6.92 Å². The third-order valence-corrected chi connectivity index (χ3v) is 4.72. The second-order valence-corrected chi connectivity index (χ2v) is 6.91. The van der Waals surface area contributed by atoms with Gasteiger partial charge in [-0.15, -0.1) is 0 Å². The van der Waals surface area contributed by atoms with Crippen molar-refractivity contribution in [3.8, 4) is 0 Å². The van der Waals surface area contributed by atoms with Crippen molar-refractivity contribution in [1.29, 1.82) is 0 Å². The van der Waals surface area contributed by atoms with Crippen LogP contribution in [-0.4, -0.2) is 14.0 Å². The highest BCUT2D eigenvalue weighted by atomic mass is 79.9. The Morgan fingerprint density at radius 1 is 1.41 bits per heavy atom. The number of fused-ring (bicyclic) bond motifs is 1. The van der Waals surface area contributed by atoms with Gasteiger partial charge in [0.1, 0.15) is 0 Å². The van der Waals surface area contributed by atoms with Gasteiger partial charge in [-0.3, -0.25) is 4.79 Å². The first-order chi connectivity index (χ1) is 10.6. The van der Waals surface area contributed by atoms with Crippen LogP contribution < -0.4 is 0 Å². The number of benzene rings is 1. The van der Waals surface area contributed by atoms with Gasteiger partial charge in [0.25, 0.3) is 0 Å². The molecular weight excluding hydrogens is 378 g/mol. The minimum absolute atomic E-state index is 0.0791. The summed E-state index contributed by atoms with van der Waals surface area (Å²) in [6, 6.07) is 7.93. The predicted molar refractivity (Wildman–Crippen MR) is 103 cm³/mol. The summed E-state index contributed by atoms with van der Waals surface area (Å²) in [5, 5.41) is 0.993. The fourth-order valence-electron chi connectivity index (χ4n) is 1.91. The lowest BCUT2D eigenvalue weighted by Crippen LogP contribution is -2.07. The largest absolute Gasteiger partial charge is 0.302 e. The highest BCUT2D eigenvalue weighted by Gasteiger charge is 2.13. The molecule has 0 amide bonds. The van der Waals surface area contributed by atoms with Crippen molar-refractivity contribution < 1.29 is 4.79 Å². The molecule has 1 aromatic heterocycles. The molecule has 2 aromatic rings. The number of hydrogen-bond donors (Lipinski definition) is 0. The number of hydrogen-bond acceptors (Lipinski definition) is 3. The predicted octanol–water partition coefficient (Wildman–Crippen LogP) is 5.49. The van der Waals surface area contributed by atoms with Gasteiger partial charge in [0.15, 0.2) is 4.32 Å². The maximum Gasteiger partial charge on any atom is 0.225 e. The molecule has 0 N–H and O–H groups in total. The molecule has 22 heavy (non-hydrogen) atoms. The Balaban J connectivity index is 2.22. The van der Waals surface area contributed by atoms with E-state index in [1.807, 2.05) is 42.0 Å². The third-order valence-electron chi connectivity index (χ3n) is 2.99. The number of halogens is 1. The van der Waals surface area contributed by atoms with Crippen LogP contribution in [-0.2, 0) is 4.79 Å². The fraction of sp³-hybridized carbons (Fsp3) is 0.0588. The standard InChI is InChI=1S/C17H14BrNOS2/c1-3-5-6-12(4-2)16(20)22-17(21)19-10-9-13-11-14(18)7-8-15(13)19/h3-11H,1H2,2H3/b6-5-,12-4+. The summed E-state index contributed by atoms with van der Waals surface area (Å²) in [7, 11) is 0. The molecule has 0 saturated heterocycles. The number of thiocarbonyl (C=S) groups is 1. The van der Waals surface area contributed by atoms with Crippen LogP contribution in [0.3, 0.4) is 0 Å². The monoisotopic (exact) mass is 391 g/mol. The fourth-order valence-corrected chi connectivity index (χ4v) is 3.40. The van der Waals surface area contributed by atoms with E-state index in [9.17, 15) is 4.79 Å². The van der Waals surface area contributed by atoms with Gasteiger partial charge >= 0.3 is 0 Å². The third kappa shape index (κ3) is 3.85. The first-order valence-electron chi connectivity index (χ1n) is 6.55. The molecule has 0 fully saturated rings. The van der Waals surface area contributed by atoms with E-state index >= 15 is 0 Å². The molecule has 112 valence electrons. The first-order valence-corrected chi connectivity index (χ1v) is 8.57. The van der Waals surface area contributed by atoms with Gasteiger partial charge in [-0.2, -0.15) is 0 Å². The molecular formula is C17H14BrNOS2. The van der Waals surface area contributed by atoms with E-state index in [1.165, 1.54) is 0 Å². The van der Waals surface area contributed by atoms with E-state index in [-0.39, 0.29) is 5.12 Å². The number of carbonyl (C=O) groups is 1. The van der Waals surface area contributed by atoms with E-state index < -0.39 is 0 Å². The molecule has 0 bridgehead atoms. The van der Waals surface area contributed by atoms with Crippen molar-refractivity contribution in [2.75, 3.05) is 0 Å². The summed E-state index contributed by atoms with van der Waals surface area (Å²) in [6.45, 7) is 5.43. The minimum atomic E-state index is -0.0791. The summed E-state index contributed by atoms with van der Waals surface area (Å²) < 4.78 is 3.37. The van der Waals surface area contributed by atoms with Gasteiger partial charge in [0.05, 0.1) is 5.52 Å². The zero-order valence-electron chi connectivity index (χ0n) is 12.0. The quantitative estimate of drug-likeness (QED) is 0.392. The Morgan fingerprint density at radius 2 is 2.18 bits per heavy atom. The molecule has 0 saturated carbocycles. The summed E-state index contributed by atoms with van der Waals surface area (Å²) in [4.78, 5) is 12.3. The second-order valence-electron chi connectivity index (χ2n) is 4.38. The van der Waals surface area contributed by atoms with Crippen molar-refractivity contribution in [3.63, 3.8) is 0 Å². The van der Waals surface area contributed by atoms with E-state index in [0.717, 1.165) is 27.1 Å². The lowest BCUT2D eigenvalue weighted by molar-refractivity contribution is -0.107. The summed E-state index contributed by atoms with van der Waals surface area (Å²) in [5.41, 5.74) is 1.59. The van der Waals surface area contributed by atoms with Gasteiger partial charge in [-0.25, -0.2) is 0 Å². The van der Waals surface area contributed by atoms with E-state index in [2.05, 4.69) is 22.5 Å². The van der Waals surface area contributed by atoms with Crippen LogP contribution in [0.4, 0.5) is 0 Å². The summed E-state index contributed by atoms with van der Waals surface area (Å²) >= 11 is 9.91. The molecule has 2 nitrogen and oxygen atoms in total. The SMILES string of the molecule is C=C/C=C\C(=C/C)C(=O)SC(=S)n1ccc2cc(Br)ccc21. The van der Waals surface area contributed by atoms with Gasteiger partial charge < -0.3 is 4.57 Å². The topological polar surface area (TPSA) is 22.0 Å². The Labute approximate surface area is 147 Å². The molecule has 0 unspecified atom stereocenters. The Hall–Kier alpha value is -1.43. The molecule has 1 aromatic carbocycles. The van der Waals surface area contributed by atoms with E-state index in [0.29, 0.717) is 9.89 Å². The molecule has 0 radical (unpaired) electrons. The highest BCUT2D eigenvalue weighted by molar-refractivity contribution is 9.10. The average Bonchev–Trinajstić information content (AvgIpc) is 2.90. The summed E-state index contributed by atoms with van der Waals surface area (Å²) in [6.07, 6.45) is 8.75. The van der Waals surface area contributed by atoms with Crippen LogP contribution in [0.2, 0.25) is 0 Å². The van der Waals surface area contributed by atoms with Gasteiger partial charge in [0.2, 0.25) is 5.12 Å². The number of thioether (sulfide) groups is 1. The Morgan fingerprint density at radius 3 is 2.86 bits per heavy atom. The molecule has 5 heteroatoms. The van der Waals surface area contributed by atoms with E-state index in [1.54, 1.807) is 24.3 Å². The van der Waals surface area contributed by atoms with Gasteiger partial charge in [-0.1, -0.05) is 59.0 Å². The molecule has 0 aliphatic rings. The zero-order valence-corrected chi connectivity index (χ0v) is 15.2. The number of rotatable bonds is 3. The first kappa shape index (κ1) is 16.9. The normalized spacial score (nSPS) is 12.0. The van der Waals surface area contributed by atoms with Crippen LogP contribution in [0.5, 0.6) is 0 Å². The van der Waals surface area contributed by atoms with Crippen LogP contribution >= 0.6 is 39.9 Å². The van der Waals surface area contributed by atoms with Crippen molar-refractivity contribution in [2.45, 2.75) is 6.92 Å². The smallest absolute Gasteiger partial charge is 0.225 e. The number of carbonyl (C=O) groups excluding carboxylic acids is 1. The lowest BCUT2D eigenvalue weighted by atomic mass is 10.2. The van der Waals surface area contributed by atoms with Crippen molar-refractivity contribution in [1.82, 2.24) is 4.57 Å². The number of allylic oxidation sites excluding steroid dienone is 4. The average molecular weight is 392 g/mol. The Bertz CT molecular complexity index is 802. The Kier molecular flexibility index (Phi) is 5.94. The van der Waals surface area contributed by atoms with E-state index in [4.69, 9.17) is 12.2 Å². The van der Waals surface area contributed by atoms with Gasteiger partial charge in [0, 0.05) is 21.6 Å². The molecule has 0 aliphatic heterocycles. The molecule has 2 rings (SSSR count). The summed E-state index contributed by atoms with van der Waals surface area (Å²) in [5.74, 6) is 0. The molecule has 1 heterocycles. The minimum Gasteiger partial charge on any atom is -0.302 e. The van der Waals surface area contributed by atoms with Crippen molar-refractivity contribution >= 4 is 60.2 Å². The maximum absolute atomic E-state index is 12.3. The number of aromatic nitrogens is 1. The van der Waals surface area contributed by atoms with Crippen molar-refractivity contribution in [2.24, 2.45) is 0 Å². The highest BCUT2D eigenvalue weighted by Crippen LogP contribution is 2.24.